The molecule has 0 aliphatic carbocycles. The molecule has 0 aliphatic heterocycles. The lowest BCUT2D eigenvalue weighted by Crippen LogP contribution is -2.02. The molecule has 0 spiro atoms. The number of anilines is 1. The van der Waals surface area contributed by atoms with Gasteiger partial charge in [-0.1, -0.05) is 30.3 Å². The van der Waals surface area contributed by atoms with Gasteiger partial charge in [0, 0.05) is 6.54 Å². The normalized spacial score (nSPS) is 10.4. The van der Waals surface area contributed by atoms with Crippen LogP contribution in [0.5, 0.6) is 5.75 Å². The van der Waals surface area contributed by atoms with Crippen LogP contribution in [0.1, 0.15) is 5.56 Å². The minimum Gasteiger partial charge on any atom is -0.503 e. The molecule has 78 valence electrons. The Bertz CT molecular complexity index is 417. The van der Waals surface area contributed by atoms with Gasteiger partial charge in [-0.05, 0) is 12.0 Å². The average Bonchev–Trinajstić information content (AvgIpc) is 2.57. The summed E-state index contributed by atoms with van der Waals surface area (Å²) in [5, 5.41) is 13.2. The Kier molecular flexibility index (Phi) is 2.58. The van der Waals surface area contributed by atoms with Gasteiger partial charge < -0.3 is 10.8 Å². The number of aryl methyl sites for hydroxylation is 2. The molecule has 0 saturated heterocycles. The van der Waals surface area contributed by atoms with Gasteiger partial charge in [-0.25, -0.2) is 0 Å². The Morgan fingerprint density at radius 1 is 1.27 bits per heavy atom. The molecule has 2 aromatic rings. The van der Waals surface area contributed by atoms with Crippen molar-refractivity contribution in [3.05, 3.63) is 42.1 Å². The summed E-state index contributed by atoms with van der Waals surface area (Å²) in [6, 6.07) is 10.1. The molecule has 0 atom stereocenters. The number of hydrogen-bond donors (Lipinski definition) is 2. The van der Waals surface area contributed by atoms with Gasteiger partial charge in [-0.15, -0.1) is 0 Å². The summed E-state index contributed by atoms with van der Waals surface area (Å²) in [7, 11) is 0. The minimum atomic E-state index is 0.0445. The van der Waals surface area contributed by atoms with Gasteiger partial charge in [0.2, 0.25) is 0 Å². The van der Waals surface area contributed by atoms with Crippen molar-refractivity contribution in [1.82, 2.24) is 9.78 Å². The molecule has 0 aliphatic rings. The number of hydrogen-bond acceptors (Lipinski definition) is 3. The van der Waals surface area contributed by atoms with Crippen LogP contribution in [0.2, 0.25) is 0 Å². The zero-order chi connectivity index (χ0) is 10.7. The second-order valence-electron chi connectivity index (χ2n) is 3.40. The summed E-state index contributed by atoms with van der Waals surface area (Å²) in [6.07, 6.45) is 2.42. The van der Waals surface area contributed by atoms with Crippen LogP contribution in [0.25, 0.3) is 0 Å². The molecular weight excluding hydrogens is 190 g/mol. The molecule has 3 N–H and O–H groups in total. The van der Waals surface area contributed by atoms with E-state index in [0.717, 1.165) is 13.0 Å². The summed E-state index contributed by atoms with van der Waals surface area (Å²) in [5.41, 5.74) is 6.67. The van der Waals surface area contributed by atoms with Crippen molar-refractivity contribution < 1.29 is 5.11 Å². The summed E-state index contributed by atoms with van der Waals surface area (Å²) in [5.74, 6) is 0.228. The fourth-order valence-corrected chi connectivity index (χ4v) is 1.43. The van der Waals surface area contributed by atoms with Crippen molar-refractivity contribution in [2.75, 3.05) is 5.73 Å². The molecule has 4 nitrogen and oxygen atoms in total. The molecule has 2 rings (SSSR count). The van der Waals surface area contributed by atoms with Gasteiger partial charge in [0.1, 0.15) is 0 Å². The third-order valence-corrected chi connectivity index (χ3v) is 2.24. The van der Waals surface area contributed by atoms with Crippen molar-refractivity contribution in [2.24, 2.45) is 0 Å². The number of rotatable bonds is 3. The molecule has 1 heterocycles. The number of nitrogens with zero attached hydrogens (tertiary/aromatic N) is 2. The van der Waals surface area contributed by atoms with Crippen molar-refractivity contribution in [3.63, 3.8) is 0 Å². The van der Waals surface area contributed by atoms with E-state index in [2.05, 4.69) is 17.2 Å². The van der Waals surface area contributed by atoms with Gasteiger partial charge in [0.25, 0.3) is 0 Å². The highest BCUT2D eigenvalue weighted by atomic mass is 16.3. The number of aromatic nitrogens is 2. The Balaban J connectivity index is 1.99. The molecule has 1 aromatic carbocycles. The predicted octanol–water partition coefficient (Wildman–Crippen LogP) is 1.41. The van der Waals surface area contributed by atoms with E-state index in [4.69, 9.17) is 5.73 Å². The van der Waals surface area contributed by atoms with Gasteiger partial charge in [-0.3, -0.25) is 4.68 Å². The number of aromatic hydroxyl groups is 1. The highest BCUT2D eigenvalue weighted by Gasteiger charge is 2.02. The van der Waals surface area contributed by atoms with E-state index in [-0.39, 0.29) is 11.6 Å². The van der Waals surface area contributed by atoms with Crippen LogP contribution in [0, 0.1) is 0 Å². The number of nitrogen functional groups attached to an aromatic ring is 1. The molecule has 0 fully saturated rings. The van der Waals surface area contributed by atoms with Gasteiger partial charge in [0.05, 0.1) is 6.20 Å². The lowest BCUT2D eigenvalue weighted by Gasteiger charge is -2.00. The Morgan fingerprint density at radius 2 is 2.00 bits per heavy atom. The first kappa shape index (κ1) is 9.58. The number of benzene rings is 1. The van der Waals surface area contributed by atoms with E-state index in [0.29, 0.717) is 0 Å². The van der Waals surface area contributed by atoms with Gasteiger partial charge in [0.15, 0.2) is 11.6 Å². The standard InChI is InChI=1S/C11H13N3O/c12-11-10(15)8-14(13-11)7-6-9-4-2-1-3-5-9/h1-5,8,15H,6-7H2,(H2,12,13). The zero-order valence-electron chi connectivity index (χ0n) is 8.30. The van der Waals surface area contributed by atoms with Crippen LogP contribution in [-0.4, -0.2) is 14.9 Å². The van der Waals surface area contributed by atoms with E-state index in [1.165, 1.54) is 11.8 Å². The number of nitrogens with two attached hydrogens (primary N) is 1. The molecule has 0 radical (unpaired) electrons. The van der Waals surface area contributed by atoms with E-state index in [9.17, 15) is 5.11 Å². The molecular formula is C11H13N3O. The Hall–Kier alpha value is -1.97. The molecule has 0 bridgehead atoms. The quantitative estimate of drug-likeness (QED) is 0.792. The van der Waals surface area contributed by atoms with Crippen LogP contribution < -0.4 is 5.73 Å². The summed E-state index contributed by atoms with van der Waals surface area (Å²) < 4.78 is 1.65. The predicted molar refractivity (Wildman–Crippen MR) is 58.5 cm³/mol. The summed E-state index contributed by atoms with van der Waals surface area (Å²) in [4.78, 5) is 0. The smallest absolute Gasteiger partial charge is 0.187 e. The van der Waals surface area contributed by atoms with E-state index >= 15 is 0 Å². The van der Waals surface area contributed by atoms with Crippen LogP contribution in [0.3, 0.4) is 0 Å². The van der Waals surface area contributed by atoms with Gasteiger partial charge in [-0.2, -0.15) is 5.10 Å². The molecule has 0 amide bonds. The largest absolute Gasteiger partial charge is 0.503 e. The van der Waals surface area contributed by atoms with E-state index < -0.39 is 0 Å². The van der Waals surface area contributed by atoms with Crippen LogP contribution in [0.15, 0.2) is 36.5 Å². The Labute approximate surface area is 88.0 Å². The fourth-order valence-electron chi connectivity index (χ4n) is 1.43. The molecule has 0 unspecified atom stereocenters. The van der Waals surface area contributed by atoms with Crippen molar-refractivity contribution in [2.45, 2.75) is 13.0 Å². The average molecular weight is 203 g/mol. The molecule has 4 heteroatoms. The first-order valence-electron chi connectivity index (χ1n) is 4.81. The van der Waals surface area contributed by atoms with E-state index in [1.54, 1.807) is 4.68 Å². The lowest BCUT2D eigenvalue weighted by molar-refractivity contribution is 0.475. The monoisotopic (exact) mass is 203 g/mol. The van der Waals surface area contributed by atoms with Crippen molar-refractivity contribution >= 4 is 5.82 Å². The molecule has 1 aromatic heterocycles. The topological polar surface area (TPSA) is 64.1 Å². The third-order valence-electron chi connectivity index (χ3n) is 2.24. The minimum absolute atomic E-state index is 0.0445. The lowest BCUT2D eigenvalue weighted by atomic mass is 10.1. The van der Waals surface area contributed by atoms with Crippen LogP contribution in [-0.2, 0) is 13.0 Å². The third kappa shape index (κ3) is 2.28. The SMILES string of the molecule is Nc1nn(CCc2ccccc2)cc1O. The fraction of sp³-hybridized carbons (Fsp3) is 0.182. The molecule has 15 heavy (non-hydrogen) atoms. The highest BCUT2D eigenvalue weighted by Crippen LogP contribution is 2.16. The van der Waals surface area contributed by atoms with Gasteiger partial charge >= 0.3 is 0 Å². The second kappa shape index (κ2) is 4.04. The zero-order valence-corrected chi connectivity index (χ0v) is 8.30. The summed E-state index contributed by atoms with van der Waals surface area (Å²) in [6.45, 7) is 0.717. The van der Waals surface area contributed by atoms with Crippen molar-refractivity contribution in [3.8, 4) is 5.75 Å². The summed E-state index contributed by atoms with van der Waals surface area (Å²) >= 11 is 0. The first-order valence-corrected chi connectivity index (χ1v) is 4.81. The van der Waals surface area contributed by atoms with Crippen molar-refractivity contribution in [1.29, 1.82) is 0 Å². The maximum atomic E-state index is 9.23. The van der Waals surface area contributed by atoms with E-state index in [1.807, 2.05) is 18.2 Å². The maximum absolute atomic E-state index is 9.23. The molecule has 0 saturated carbocycles. The van der Waals surface area contributed by atoms with Crippen LogP contribution in [0.4, 0.5) is 5.82 Å². The maximum Gasteiger partial charge on any atom is 0.187 e. The highest BCUT2D eigenvalue weighted by molar-refractivity contribution is 5.42. The Morgan fingerprint density at radius 3 is 2.60 bits per heavy atom. The van der Waals surface area contributed by atoms with Crippen LogP contribution >= 0.6 is 0 Å². The first-order chi connectivity index (χ1) is 7.25. The second-order valence-corrected chi connectivity index (χ2v) is 3.40.